The number of nitrogens with one attached hydrogen (secondary N) is 1. The predicted molar refractivity (Wildman–Crippen MR) is 68.6 cm³/mol. The SMILES string of the molecule is O=C(N[C@H](CF)[C@H](O)c1ccc(S(=O)(=O)C(F)F)cc1)C(F)(F)F. The van der Waals surface area contributed by atoms with E-state index in [0.717, 1.165) is 12.1 Å². The molecule has 24 heavy (non-hydrogen) atoms. The largest absolute Gasteiger partial charge is 0.471 e. The minimum atomic E-state index is -5.29. The average Bonchev–Trinajstić information content (AvgIpc) is 2.50. The van der Waals surface area contributed by atoms with E-state index < -0.39 is 51.4 Å². The van der Waals surface area contributed by atoms with Crippen LogP contribution in [-0.4, -0.2) is 44.1 Å². The minimum absolute atomic E-state index is 0.270. The molecule has 1 amide bonds. The number of rotatable bonds is 6. The first kappa shape index (κ1) is 20.2. The summed E-state index contributed by atoms with van der Waals surface area (Å²) in [6, 6.07) is 1.05. The number of carbonyl (C=O) groups excluding carboxylic acids is 1. The van der Waals surface area contributed by atoms with Gasteiger partial charge in [0.1, 0.15) is 12.8 Å². The number of benzene rings is 1. The van der Waals surface area contributed by atoms with E-state index in [2.05, 4.69) is 0 Å². The van der Waals surface area contributed by atoms with Crippen LogP contribution < -0.4 is 5.32 Å². The third-order valence-corrected chi connectivity index (χ3v) is 4.30. The molecule has 0 spiro atoms. The van der Waals surface area contributed by atoms with Gasteiger partial charge in [0, 0.05) is 0 Å². The van der Waals surface area contributed by atoms with Gasteiger partial charge in [-0.25, -0.2) is 12.8 Å². The van der Waals surface area contributed by atoms with Crippen molar-refractivity contribution in [1.29, 1.82) is 0 Å². The van der Waals surface area contributed by atoms with Gasteiger partial charge in [0.25, 0.3) is 0 Å². The van der Waals surface area contributed by atoms with Gasteiger partial charge in [-0.05, 0) is 17.7 Å². The van der Waals surface area contributed by atoms with E-state index in [9.17, 15) is 44.7 Å². The van der Waals surface area contributed by atoms with Crippen LogP contribution >= 0.6 is 0 Å². The maximum Gasteiger partial charge on any atom is 0.471 e. The molecule has 0 aliphatic carbocycles. The van der Waals surface area contributed by atoms with E-state index in [4.69, 9.17) is 0 Å². The molecule has 0 aromatic heterocycles. The van der Waals surface area contributed by atoms with Crippen LogP contribution in [0.15, 0.2) is 29.2 Å². The van der Waals surface area contributed by atoms with Crippen molar-refractivity contribution in [2.75, 3.05) is 6.67 Å². The van der Waals surface area contributed by atoms with Crippen molar-refractivity contribution in [2.45, 2.75) is 29.0 Å². The van der Waals surface area contributed by atoms with Gasteiger partial charge in [-0.15, -0.1) is 0 Å². The molecular weight excluding hydrogens is 368 g/mol. The lowest BCUT2D eigenvalue weighted by molar-refractivity contribution is -0.175. The standard InChI is InChI=1S/C12H11F6NO4S/c13-5-8(19-10(21)12(16,17)18)9(20)6-1-3-7(4-2-6)24(22,23)11(14)15/h1-4,8-9,11,20H,5H2,(H,19,21)/t8-,9-/m1/s1. The zero-order valence-corrected chi connectivity index (χ0v) is 12.4. The van der Waals surface area contributed by atoms with Gasteiger partial charge >= 0.3 is 17.8 Å². The Bertz CT molecular complexity index is 674. The lowest BCUT2D eigenvalue weighted by Gasteiger charge is -2.22. The molecule has 1 rings (SSSR count). The normalized spacial score (nSPS) is 15.2. The summed E-state index contributed by atoms with van der Waals surface area (Å²) in [4.78, 5) is 9.97. The Balaban J connectivity index is 2.98. The summed E-state index contributed by atoms with van der Waals surface area (Å²) in [5, 5.41) is 11.0. The molecule has 12 heteroatoms. The number of amides is 1. The third kappa shape index (κ3) is 4.60. The molecule has 136 valence electrons. The first-order valence-electron chi connectivity index (χ1n) is 6.15. The van der Waals surface area contributed by atoms with Crippen LogP contribution in [0.4, 0.5) is 26.3 Å². The van der Waals surface area contributed by atoms with Crippen molar-refractivity contribution < 1.29 is 44.7 Å². The van der Waals surface area contributed by atoms with Crippen LogP contribution in [0, 0.1) is 0 Å². The number of carbonyl (C=O) groups is 1. The molecule has 0 aliphatic heterocycles. The van der Waals surface area contributed by atoms with Crippen molar-refractivity contribution in [3.05, 3.63) is 29.8 Å². The van der Waals surface area contributed by atoms with Crippen LogP contribution in [-0.2, 0) is 14.6 Å². The number of aliphatic hydroxyl groups is 1. The molecule has 0 unspecified atom stereocenters. The van der Waals surface area contributed by atoms with Crippen LogP contribution in [0.5, 0.6) is 0 Å². The highest BCUT2D eigenvalue weighted by atomic mass is 32.2. The molecule has 0 heterocycles. The first-order valence-corrected chi connectivity index (χ1v) is 7.69. The van der Waals surface area contributed by atoms with E-state index >= 15 is 0 Å². The molecule has 2 atom stereocenters. The molecule has 0 bridgehead atoms. The van der Waals surface area contributed by atoms with E-state index in [0.29, 0.717) is 12.1 Å². The summed E-state index contributed by atoms with van der Waals surface area (Å²) in [6.45, 7) is -1.56. The summed E-state index contributed by atoms with van der Waals surface area (Å²) in [5.74, 6) is -6.15. The van der Waals surface area contributed by atoms with Gasteiger partial charge in [0.05, 0.1) is 10.9 Å². The molecule has 1 aromatic rings. The van der Waals surface area contributed by atoms with Crippen molar-refractivity contribution in [3.8, 4) is 0 Å². The van der Waals surface area contributed by atoms with E-state index in [-0.39, 0.29) is 5.56 Å². The lowest BCUT2D eigenvalue weighted by Crippen LogP contribution is -2.46. The van der Waals surface area contributed by atoms with Crippen molar-refractivity contribution in [1.82, 2.24) is 5.32 Å². The first-order chi connectivity index (χ1) is 10.9. The smallest absolute Gasteiger partial charge is 0.386 e. The summed E-state index contributed by atoms with van der Waals surface area (Å²) in [5.41, 5.74) is -0.270. The summed E-state index contributed by atoms with van der Waals surface area (Å²) >= 11 is 0. The molecule has 0 saturated heterocycles. The number of hydrogen-bond acceptors (Lipinski definition) is 4. The highest BCUT2D eigenvalue weighted by molar-refractivity contribution is 7.91. The Hall–Kier alpha value is -1.82. The minimum Gasteiger partial charge on any atom is -0.386 e. The quantitative estimate of drug-likeness (QED) is 0.738. The fraction of sp³-hybridized carbons (Fsp3) is 0.417. The fourth-order valence-electron chi connectivity index (χ4n) is 1.64. The second-order valence-corrected chi connectivity index (χ2v) is 6.47. The number of sulfone groups is 1. The second kappa shape index (κ2) is 7.38. The van der Waals surface area contributed by atoms with Gasteiger partial charge in [-0.1, -0.05) is 12.1 Å². The van der Waals surface area contributed by atoms with E-state index in [1.807, 2.05) is 0 Å². The molecule has 1 aromatic carbocycles. The van der Waals surface area contributed by atoms with Crippen molar-refractivity contribution in [2.24, 2.45) is 0 Å². The number of hydrogen-bond donors (Lipinski definition) is 2. The van der Waals surface area contributed by atoms with Crippen LogP contribution in [0.3, 0.4) is 0 Å². The Kier molecular flexibility index (Phi) is 6.22. The van der Waals surface area contributed by atoms with Crippen molar-refractivity contribution >= 4 is 15.7 Å². The Morgan fingerprint density at radius 3 is 2.04 bits per heavy atom. The molecule has 5 nitrogen and oxygen atoms in total. The Morgan fingerprint density at radius 2 is 1.67 bits per heavy atom. The summed E-state index contributed by atoms with van der Waals surface area (Å²) < 4.78 is 96.3. The lowest BCUT2D eigenvalue weighted by atomic mass is 10.0. The Morgan fingerprint density at radius 1 is 1.17 bits per heavy atom. The van der Waals surface area contributed by atoms with Gasteiger partial charge in [0.15, 0.2) is 0 Å². The fourth-order valence-corrected chi connectivity index (χ4v) is 2.36. The van der Waals surface area contributed by atoms with Gasteiger partial charge < -0.3 is 10.4 Å². The Labute approximate surface area is 132 Å². The maximum absolute atomic E-state index is 12.8. The van der Waals surface area contributed by atoms with E-state index in [1.54, 1.807) is 0 Å². The van der Waals surface area contributed by atoms with Gasteiger partial charge in [-0.3, -0.25) is 4.79 Å². The summed E-state index contributed by atoms with van der Waals surface area (Å²) in [7, 11) is -4.89. The maximum atomic E-state index is 12.8. The molecular formula is C12H11F6NO4S. The molecule has 0 radical (unpaired) electrons. The van der Waals surface area contributed by atoms with Crippen LogP contribution in [0.25, 0.3) is 0 Å². The highest BCUT2D eigenvalue weighted by Crippen LogP contribution is 2.24. The van der Waals surface area contributed by atoms with Gasteiger partial charge in [-0.2, -0.15) is 22.0 Å². The topological polar surface area (TPSA) is 83.5 Å². The monoisotopic (exact) mass is 379 g/mol. The molecule has 0 saturated carbocycles. The molecule has 2 N–H and O–H groups in total. The van der Waals surface area contributed by atoms with Crippen LogP contribution in [0.1, 0.15) is 11.7 Å². The molecule has 0 aliphatic rings. The second-order valence-electron chi connectivity index (χ2n) is 4.55. The van der Waals surface area contributed by atoms with Crippen molar-refractivity contribution in [3.63, 3.8) is 0 Å². The molecule has 0 fully saturated rings. The zero-order valence-electron chi connectivity index (χ0n) is 11.6. The highest BCUT2D eigenvalue weighted by Gasteiger charge is 2.41. The zero-order chi connectivity index (χ0) is 18.7. The third-order valence-electron chi connectivity index (χ3n) is 2.91. The number of alkyl halides is 6. The van der Waals surface area contributed by atoms with Crippen LogP contribution in [0.2, 0.25) is 0 Å². The number of halogens is 6. The summed E-state index contributed by atoms with van der Waals surface area (Å²) in [6.07, 6.45) is -7.24. The van der Waals surface area contributed by atoms with E-state index in [1.165, 1.54) is 5.32 Å². The predicted octanol–water partition coefficient (Wildman–Crippen LogP) is 1.73. The number of aliphatic hydroxyl groups excluding tert-OH is 1. The van der Waals surface area contributed by atoms with Gasteiger partial charge in [0.2, 0.25) is 9.84 Å². The average molecular weight is 379 g/mol.